The smallest absolute Gasteiger partial charge is 0.377 e. The summed E-state index contributed by atoms with van der Waals surface area (Å²) in [6.45, 7) is 0. The van der Waals surface area contributed by atoms with Gasteiger partial charge in [-0.05, 0) is 6.07 Å². The Labute approximate surface area is 102 Å². The normalized spacial score (nSPS) is 9.78. The summed E-state index contributed by atoms with van der Waals surface area (Å²) in [6.07, 6.45) is 2.64. The second-order valence-corrected chi connectivity index (χ2v) is 3.25. The number of hydrogen-bond acceptors (Lipinski definition) is 7. The summed E-state index contributed by atoms with van der Waals surface area (Å²) < 4.78 is 5.72. The molecule has 8 heteroatoms. The van der Waals surface area contributed by atoms with Crippen LogP contribution >= 0.6 is 0 Å². The Morgan fingerprint density at radius 2 is 2.33 bits per heavy atom. The Morgan fingerprint density at radius 1 is 1.56 bits per heavy atom. The topological polar surface area (TPSA) is 120 Å². The standard InChI is InChI=1S/C10H8N6O2/c1-18-10(17)8-14-5-16(15-8)9-7(12)2-6(3-11)4-13-9/h2,4-5H,12H2,1H3. The summed E-state index contributed by atoms with van der Waals surface area (Å²) in [5.41, 5.74) is 6.33. The van der Waals surface area contributed by atoms with E-state index in [0.717, 1.165) is 0 Å². The van der Waals surface area contributed by atoms with Gasteiger partial charge in [0, 0.05) is 6.20 Å². The Balaban J connectivity index is 2.41. The maximum Gasteiger partial charge on any atom is 0.377 e. The van der Waals surface area contributed by atoms with Crippen LogP contribution in [-0.2, 0) is 4.74 Å². The number of anilines is 1. The number of aromatic nitrogens is 4. The van der Waals surface area contributed by atoms with Crippen LogP contribution in [0.2, 0.25) is 0 Å². The van der Waals surface area contributed by atoms with Crippen LogP contribution in [-0.4, -0.2) is 32.8 Å². The van der Waals surface area contributed by atoms with Gasteiger partial charge in [-0.25, -0.2) is 14.8 Å². The molecule has 0 spiro atoms. The van der Waals surface area contributed by atoms with Crippen LogP contribution in [0.3, 0.4) is 0 Å². The number of methoxy groups -OCH3 is 1. The zero-order valence-electron chi connectivity index (χ0n) is 9.36. The number of carbonyl (C=O) groups is 1. The minimum Gasteiger partial charge on any atom is -0.463 e. The van der Waals surface area contributed by atoms with Crippen LogP contribution in [0.5, 0.6) is 0 Å². The lowest BCUT2D eigenvalue weighted by atomic mass is 10.3. The van der Waals surface area contributed by atoms with E-state index in [2.05, 4.69) is 19.8 Å². The third kappa shape index (κ3) is 1.97. The van der Waals surface area contributed by atoms with Crippen LogP contribution < -0.4 is 5.73 Å². The fraction of sp³-hybridized carbons (Fsp3) is 0.100. The lowest BCUT2D eigenvalue weighted by Gasteiger charge is -2.02. The third-order valence-electron chi connectivity index (χ3n) is 2.10. The first-order chi connectivity index (χ1) is 8.65. The predicted octanol–water partition coefficient (Wildman–Crippen LogP) is -0.0972. The van der Waals surface area contributed by atoms with E-state index < -0.39 is 5.97 Å². The highest BCUT2D eigenvalue weighted by Crippen LogP contribution is 2.14. The van der Waals surface area contributed by atoms with Crippen LogP contribution in [0.25, 0.3) is 5.82 Å². The zero-order chi connectivity index (χ0) is 13.1. The molecule has 0 aliphatic carbocycles. The number of nitrogen functional groups attached to an aromatic ring is 1. The van der Waals surface area contributed by atoms with E-state index >= 15 is 0 Å². The van der Waals surface area contributed by atoms with Crippen molar-refractivity contribution in [2.45, 2.75) is 0 Å². The first kappa shape index (κ1) is 11.5. The molecule has 0 atom stereocenters. The summed E-state index contributed by atoms with van der Waals surface area (Å²) in [5, 5.41) is 12.6. The number of pyridine rings is 1. The van der Waals surface area contributed by atoms with Gasteiger partial charge in [-0.1, -0.05) is 0 Å². The molecular formula is C10H8N6O2. The van der Waals surface area contributed by atoms with Crippen LogP contribution in [0.4, 0.5) is 5.69 Å². The lowest BCUT2D eigenvalue weighted by Crippen LogP contribution is -2.07. The van der Waals surface area contributed by atoms with Crippen molar-refractivity contribution in [1.29, 1.82) is 5.26 Å². The maximum atomic E-state index is 11.2. The van der Waals surface area contributed by atoms with Gasteiger partial charge >= 0.3 is 5.97 Å². The fourth-order valence-electron chi connectivity index (χ4n) is 1.28. The maximum absolute atomic E-state index is 11.2. The molecule has 0 fully saturated rings. The molecule has 2 heterocycles. The first-order valence-corrected chi connectivity index (χ1v) is 4.81. The number of nitrogens with zero attached hydrogens (tertiary/aromatic N) is 5. The Kier molecular flexibility index (Phi) is 2.89. The molecule has 2 N–H and O–H groups in total. The molecule has 0 aliphatic heterocycles. The van der Waals surface area contributed by atoms with Crippen molar-refractivity contribution in [1.82, 2.24) is 19.7 Å². The highest BCUT2D eigenvalue weighted by Gasteiger charge is 2.14. The summed E-state index contributed by atoms with van der Waals surface area (Å²) >= 11 is 0. The highest BCUT2D eigenvalue weighted by atomic mass is 16.5. The SMILES string of the molecule is COC(=O)c1ncn(-c2ncc(C#N)cc2N)n1. The minimum absolute atomic E-state index is 0.0944. The summed E-state index contributed by atoms with van der Waals surface area (Å²) in [5.74, 6) is -0.458. The summed E-state index contributed by atoms with van der Waals surface area (Å²) in [7, 11) is 1.23. The molecule has 18 heavy (non-hydrogen) atoms. The quantitative estimate of drug-likeness (QED) is 0.732. The second-order valence-electron chi connectivity index (χ2n) is 3.25. The first-order valence-electron chi connectivity index (χ1n) is 4.81. The van der Waals surface area contributed by atoms with Crippen molar-refractivity contribution >= 4 is 11.7 Å². The van der Waals surface area contributed by atoms with Gasteiger partial charge in [0.2, 0.25) is 0 Å². The molecule has 2 aromatic heterocycles. The van der Waals surface area contributed by atoms with E-state index in [-0.39, 0.29) is 17.3 Å². The number of nitrogens with two attached hydrogens (primary N) is 1. The predicted molar refractivity (Wildman–Crippen MR) is 59.6 cm³/mol. The Hall–Kier alpha value is -2.95. The summed E-state index contributed by atoms with van der Waals surface area (Å²) in [6, 6.07) is 3.38. The molecule has 0 saturated heterocycles. The van der Waals surface area contributed by atoms with E-state index in [4.69, 9.17) is 11.0 Å². The van der Waals surface area contributed by atoms with Crippen molar-refractivity contribution in [3.8, 4) is 11.9 Å². The van der Waals surface area contributed by atoms with Crippen molar-refractivity contribution in [3.05, 3.63) is 30.0 Å². The van der Waals surface area contributed by atoms with E-state index in [1.54, 1.807) is 0 Å². The molecule has 8 nitrogen and oxygen atoms in total. The van der Waals surface area contributed by atoms with Crippen LogP contribution in [0.15, 0.2) is 18.6 Å². The van der Waals surface area contributed by atoms with E-state index in [9.17, 15) is 4.79 Å². The Morgan fingerprint density at radius 3 is 2.94 bits per heavy atom. The second kappa shape index (κ2) is 4.50. The van der Waals surface area contributed by atoms with Gasteiger partial charge in [-0.2, -0.15) is 9.94 Å². The molecule has 0 bridgehead atoms. The van der Waals surface area contributed by atoms with Crippen LogP contribution in [0, 0.1) is 11.3 Å². The number of hydrogen-bond donors (Lipinski definition) is 1. The molecule has 2 aromatic rings. The molecule has 0 saturated carbocycles. The lowest BCUT2D eigenvalue weighted by molar-refractivity contribution is 0.0587. The molecule has 0 aromatic carbocycles. The molecule has 0 radical (unpaired) electrons. The molecular weight excluding hydrogens is 236 g/mol. The Bertz CT molecular complexity index is 642. The van der Waals surface area contributed by atoms with Gasteiger partial charge in [-0.15, -0.1) is 5.10 Å². The number of ether oxygens (including phenoxy) is 1. The largest absolute Gasteiger partial charge is 0.463 e. The molecule has 0 unspecified atom stereocenters. The number of rotatable bonds is 2. The van der Waals surface area contributed by atoms with Crippen molar-refractivity contribution in [3.63, 3.8) is 0 Å². The number of carbonyl (C=O) groups excluding carboxylic acids is 1. The summed E-state index contributed by atoms with van der Waals surface area (Å²) in [4.78, 5) is 18.9. The molecule has 90 valence electrons. The number of esters is 1. The van der Waals surface area contributed by atoms with E-state index in [0.29, 0.717) is 5.56 Å². The monoisotopic (exact) mass is 244 g/mol. The molecule has 0 aliphatic rings. The van der Waals surface area contributed by atoms with Crippen molar-refractivity contribution in [2.75, 3.05) is 12.8 Å². The van der Waals surface area contributed by atoms with Crippen molar-refractivity contribution in [2.24, 2.45) is 0 Å². The third-order valence-corrected chi connectivity index (χ3v) is 2.10. The van der Waals surface area contributed by atoms with E-state index in [1.165, 1.54) is 30.4 Å². The van der Waals surface area contributed by atoms with Crippen molar-refractivity contribution < 1.29 is 9.53 Å². The number of nitriles is 1. The van der Waals surface area contributed by atoms with Crippen LogP contribution in [0.1, 0.15) is 16.2 Å². The van der Waals surface area contributed by atoms with Gasteiger partial charge in [0.15, 0.2) is 5.82 Å². The van der Waals surface area contributed by atoms with E-state index in [1.807, 2.05) is 6.07 Å². The highest BCUT2D eigenvalue weighted by molar-refractivity contribution is 5.84. The molecule has 0 amide bonds. The van der Waals surface area contributed by atoms with Gasteiger partial charge in [-0.3, -0.25) is 0 Å². The van der Waals surface area contributed by atoms with Gasteiger partial charge in [0.1, 0.15) is 12.4 Å². The molecule has 2 rings (SSSR count). The fourth-order valence-corrected chi connectivity index (χ4v) is 1.28. The van der Waals surface area contributed by atoms with Gasteiger partial charge < -0.3 is 10.5 Å². The average Bonchev–Trinajstić information content (AvgIpc) is 2.87. The van der Waals surface area contributed by atoms with Gasteiger partial charge in [0.05, 0.1) is 18.4 Å². The van der Waals surface area contributed by atoms with Gasteiger partial charge in [0.25, 0.3) is 5.82 Å². The average molecular weight is 244 g/mol. The zero-order valence-corrected chi connectivity index (χ0v) is 9.36. The minimum atomic E-state index is -0.652.